The minimum Gasteiger partial charge on any atom is -0.444 e. The average Bonchev–Trinajstić information content (AvgIpc) is 2.69. The molecule has 9 heteroatoms. The molecule has 0 spiro atoms. The van der Waals surface area contributed by atoms with Gasteiger partial charge in [0.1, 0.15) is 16.8 Å². The number of pyridine rings is 2. The SMILES string of the molecule is CON(C(=O)C1(O)C=CC(NC(=O)OC(C)(C)C)CC1)c1ccnc2cccnc12. The van der Waals surface area contributed by atoms with Crippen LogP contribution in [0, 0.1) is 0 Å². The van der Waals surface area contributed by atoms with Crippen LogP contribution in [0.3, 0.4) is 0 Å². The number of hydrogen-bond acceptors (Lipinski definition) is 7. The molecule has 2 amide bonds. The van der Waals surface area contributed by atoms with Gasteiger partial charge in [-0.25, -0.2) is 4.79 Å². The lowest BCUT2D eigenvalue weighted by Gasteiger charge is -2.33. The molecule has 30 heavy (non-hydrogen) atoms. The van der Waals surface area contributed by atoms with Crippen LogP contribution in [0.5, 0.6) is 0 Å². The molecule has 2 aromatic rings. The fourth-order valence-corrected chi connectivity index (χ4v) is 3.18. The summed E-state index contributed by atoms with van der Waals surface area (Å²) in [7, 11) is 1.34. The van der Waals surface area contributed by atoms with Gasteiger partial charge < -0.3 is 15.2 Å². The first-order valence-electron chi connectivity index (χ1n) is 9.62. The zero-order chi connectivity index (χ0) is 21.9. The molecule has 2 aromatic heterocycles. The van der Waals surface area contributed by atoms with E-state index in [0.29, 0.717) is 23.1 Å². The molecule has 0 saturated heterocycles. The van der Waals surface area contributed by atoms with Gasteiger partial charge >= 0.3 is 6.09 Å². The van der Waals surface area contributed by atoms with E-state index in [0.717, 1.165) is 5.06 Å². The Kier molecular flexibility index (Phi) is 6.04. The quantitative estimate of drug-likeness (QED) is 0.584. The van der Waals surface area contributed by atoms with Gasteiger partial charge in [0.25, 0.3) is 5.91 Å². The predicted molar refractivity (Wildman–Crippen MR) is 111 cm³/mol. The molecule has 1 aliphatic rings. The number of rotatable bonds is 4. The molecule has 0 radical (unpaired) electrons. The third-order valence-corrected chi connectivity index (χ3v) is 4.57. The maximum Gasteiger partial charge on any atom is 0.408 e. The van der Waals surface area contributed by atoms with Crippen LogP contribution in [-0.4, -0.2) is 51.4 Å². The highest BCUT2D eigenvalue weighted by Crippen LogP contribution is 2.30. The van der Waals surface area contributed by atoms with Gasteiger partial charge in [-0.15, -0.1) is 0 Å². The molecule has 0 saturated carbocycles. The topological polar surface area (TPSA) is 114 Å². The fourth-order valence-electron chi connectivity index (χ4n) is 3.18. The predicted octanol–water partition coefficient (Wildman–Crippen LogP) is 2.50. The fraction of sp³-hybridized carbons (Fsp3) is 0.429. The third kappa shape index (κ3) is 4.74. The molecule has 3 rings (SSSR count). The second kappa shape index (κ2) is 8.37. The normalized spacial score (nSPS) is 21.3. The molecule has 0 aromatic carbocycles. The average molecular weight is 414 g/mol. The van der Waals surface area contributed by atoms with E-state index in [-0.39, 0.29) is 12.5 Å². The summed E-state index contributed by atoms with van der Waals surface area (Å²) in [5.41, 5.74) is -0.948. The van der Waals surface area contributed by atoms with Crippen LogP contribution in [0.15, 0.2) is 42.7 Å². The third-order valence-electron chi connectivity index (χ3n) is 4.57. The summed E-state index contributed by atoms with van der Waals surface area (Å²) in [5, 5.41) is 14.7. The van der Waals surface area contributed by atoms with E-state index in [4.69, 9.17) is 9.57 Å². The lowest BCUT2D eigenvalue weighted by molar-refractivity contribution is -0.140. The zero-order valence-electron chi connectivity index (χ0n) is 17.5. The molecular weight excluding hydrogens is 388 g/mol. The van der Waals surface area contributed by atoms with Crippen molar-refractivity contribution in [2.75, 3.05) is 12.2 Å². The largest absolute Gasteiger partial charge is 0.444 e. The Hall–Kier alpha value is -3.04. The van der Waals surface area contributed by atoms with Gasteiger partial charge in [-0.1, -0.05) is 6.08 Å². The number of carbonyl (C=O) groups excluding carboxylic acids is 2. The van der Waals surface area contributed by atoms with Crippen molar-refractivity contribution in [2.45, 2.75) is 50.9 Å². The molecule has 0 bridgehead atoms. The highest BCUT2D eigenvalue weighted by atomic mass is 16.7. The van der Waals surface area contributed by atoms with Crippen molar-refractivity contribution in [3.05, 3.63) is 42.7 Å². The highest BCUT2D eigenvalue weighted by Gasteiger charge is 2.41. The van der Waals surface area contributed by atoms with E-state index in [2.05, 4.69) is 15.3 Å². The number of nitrogens with one attached hydrogen (secondary N) is 1. The number of fused-ring (bicyclic) bond motifs is 1. The molecule has 2 N–H and O–H groups in total. The summed E-state index contributed by atoms with van der Waals surface area (Å²) in [6.07, 6.45) is 5.99. The first-order valence-corrected chi connectivity index (χ1v) is 9.62. The minimum absolute atomic E-state index is 0.0963. The van der Waals surface area contributed by atoms with Crippen LogP contribution in [0.4, 0.5) is 10.5 Å². The molecule has 0 fully saturated rings. The summed E-state index contributed by atoms with van der Waals surface area (Å²) >= 11 is 0. The van der Waals surface area contributed by atoms with Gasteiger partial charge in [0.2, 0.25) is 0 Å². The number of anilines is 1. The van der Waals surface area contributed by atoms with Gasteiger partial charge in [0.05, 0.1) is 18.7 Å². The van der Waals surface area contributed by atoms with Crippen LogP contribution in [0.1, 0.15) is 33.6 Å². The molecular formula is C21H26N4O5. The Bertz CT molecular complexity index is 966. The maximum absolute atomic E-state index is 13.2. The van der Waals surface area contributed by atoms with Gasteiger partial charge in [-0.2, -0.15) is 5.06 Å². The van der Waals surface area contributed by atoms with Crippen LogP contribution < -0.4 is 10.4 Å². The summed E-state index contributed by atoms with van der Waals surface area (Å²) < 4.78 is 5.24. The van der Waals surface area contributed by atoms with Crippen molar-refractivity contribution < 1.29 is 24.3 Å². The van der Waals surface area contributed by atoms with E-state index in [9.17, 15) is 14.7 Å². The molecule has 160 valence electrons. The first-order chi connectivity index (χ1) is 14.1. The van der Waals surface area contributed by atoms with E-state index >= 15 is 0 Å². The Morgan fingerprint density at radius 1 is 1.27 bits per heavy atom. The standard InChI is InChI=1S/C21H26N4O5/c1-20(2,3)30-19(27)24-14-7-10-21(28,11-8-14)18(26)25(29-4)16-9-13-22-15-6-5-12-23-17(15)16/h5-7,9-10,12-14,28H,8,11H2,1-4H3,(H,24,27). The van der Waals surface area contributed by atoms with Crippen molar-refractivity contribution in [3.8, 4) is 0 Å². The summed E-state index contributed by atoms with van der Waals surface area (Å²) in [6, 6.07) is 4.76. The van der Waals surface area contributed by atoms with Crippen molar-refractivity contribution in [1.82, 2.24) is 15.3 Å². The number of aromatic nitrogens is 2. The minimum atomic E-state index is -1.79. The van der Waals surface area contributed by atoms with Gasteiger partial charge in [-0.05, 0) is 57.9 Å². The van der Waals surface area contributed by atoms with Gasteiger partial charge in [0.15, 0.2) is 5.60 Å². The maximum atomic E-state index is 13.2. The summed E-state index contributed by atoms with van der Waals surface area (Å²) in [4.78, 5) is 38.9. The van der Waals surface area contributed by atoms with Crippen LogP contribution in [0.25, 0.3) is 11.0 Å². The van der Waals surface area contributed by atoms with E-state index in [1.54, 1.807) is 57.4 Å². The number of hydroxylamine groups is 1. The second-order valence-corrected chi connectivity index (χ2v) is 8.06. The monoisotopic (exact) mass is 414 g/mol. The number of hydrogen-bond donors (Lipinski definition) is 2. The Balaban J connectivity index is 1.78. The van der Waals surface area contributed by atoms with Crippen LogP contribution in [0.2, 0.25) is 0 Å². The molecule has 2 atom stereocenters. The highest BCUT2D eigenvalue weighted by molar-refractivity contribution is 6.04. The van der Waals surface area contributed by atoms with Crippen LogP contribution >= 0.6 is 0 Å². The van der Waals surface area contributed by atoms with E-state index in [1.165, 1.54) is 13.2 Å². The zero-order valence-corrected chi connectivity index (χ0v) is 17.5. The van der Waals surface area contributed by atoms with Crippen molar-refractivity contribution in [3.63, 3.8) is 0 Å². The number of alkyl carbamates (subject to hydrolysis) is 1. The number of amides is 2. The second-order valence-electron chi connectivity index (χ2n) is 8.06. The van der Waals surface area contributed by atoms with Gasteiger partial charge in [-0.3, -0.25) is 19.6 Å². The smallest absolute Gasteiger partial charge is 0.408 e. The van der Waals surface area contributed by atoms with E-state index in [1.807, 2.05) is 0 Å². The summed E-state index contributed by atoms with van der Waals surface area (Å²) in [5.74, 6) is -0.657. The van der Waals surface area contributed by atoms with Crippen molar-refractivity contribution in [1.29, 1.82) is 0 Å². The Labute approximate surface area is 174 Å². The molecule has 2 heterocycles. The van der Waals surface area contributed by atoms with Crippen molar-refractivity contribution >= 4 is 28.7 Å². The molecule has 2 unspecified atom stereocenters. The number of aliphatic hydroxyl groups is 1. The lowest BCUT2D eigenvalue weighted by Crippen LogP contribution is -2.51. The molecule has 1 aliphatic carbocycles. The van der Waals surface area contributed by atoms with Crippen LogP contribution in [-0.2, 0) is 14.4 Å². The lowest BCUT2D eigenvalue weighted by atomic mass is 9.87. The number of carbonyl (C=O) groups is 2. The molecule has 9 nitrogen and oxygen atoms in total. The Morgan fingerprint density at radius 2 is 2.03 bits per heavy atom. The first kappa shape index (κ1) is 21.7. The number of ether oxygens (including phenoxy) is 1. The van der Waals surface area contributed by atoms with Crippen molar-refractivity contribution in [2.24, 2.45) is 0 Å². The Morgan fingerprint density at radius 3 is 2.67 bits per heavy atom. The van der Waals surface area contributed by atoms with E-state index < -0.39 is 23.2 Å². The van der Waals surface area contributed by atoms with Gasteiger partial charge in [0, 0.05) is 12.4 Å². The number of nitrogens with zero attached hydrogens (tertiary/aromatic N) is 3. The molecule has 0 aliphatic heterocycles. The summed E-state index contributed by atoms with van der Waals surface area (Å²) in [6.45, 7) is 5.33.